The minimum Gasteiger partial charge on any atom is -0.271 e. The maximum atomic E-state index is 6.08. The van der Waals surface area contributed by atoms with Gasteiger partial charge < -0.3 is 0 Å². The summed E-state index contributed by atoms with van der Waals surface area (Å²) in [5.41, 5.74) is 5.22. The summed E-state index contributed by atoms with van der Waals surface area (Å²) in [7, 11) is 0. The van der Waals surface area contributed by atoms with E-state index in [1.165, 1.54) is 15.6 Å². The molecule has 1 atom stereocenters. The predicted molar refractivity (Wildman–Crippen MR) is 92.1 cm³/mol. The van der Waals surface area contributed by atoms with Crippen LogP contribution in [-0.4, -0.2) is 0 Å². The molecule has 0 saturated heterocycles. The van der Waals surface area contributed by atoms with Crippen molar-refractivity contribution in [1.82, 2.24) is 5.43 Å². The lowest BCUT2D eigenvalue weighted by molar-refractivity contribution is 0.557. The Bertz CT molecular complexity index is 770. The average Bonchev–Trinajstić information content (AvgIpc) is 2.92. The molecular weight excluding hydrogens is 323 g/mol. The van der Waals surface area contributed by atoms with Gasteiger partial charge in [-0.25, -0.2) is 0 Å². The normalized spacial score (nSPS) is 12.7. The minimum absolute atomic E-state index is 0.0402. The van der Waals surface area contributed by atoms with Crippen LogP contribution in [-0.2, 0) is 6.42 Å². The number of halogens is 2. The van der Waals surface area contributed by atoms with Crippen LogP contribution in [0.15, 0.2) is 47.8 Å². The lowest BCUT2D eigenvalue weighted by atomic mass is 9.99. The fourth-order valence-electron chi connectivity index (χ4n) is 2.43. The number of benzene rings is 2. The number of rotatable bonds is 4. The number of fused-ring (bicyclic) bond motifs is 1. The first-order chi connectivity index (χ1) is 10.2. The molecule has 21 heavy (non-hydrogen) atoms. The minimum atomic E-state index is 0.0402. The molecule has 5 heteroatoms. The maximum Gasteiger partial charge on any atom is 0.0595 e. The smallest absolute Gasteiger partial charge is 0.0595 e. The summed E-state index contributed by atoms with van der Waals surface area (Å²) >= 11 is 13.8. The van der Waals surface area contributed by atoms with Crippen molar-refractivity contribution in [3.63, 3.8) is 0 Å². The van der Waals surface area contributed by atoms with Crippen LogP contribution in [0.1, 0.15) is 17.2 Å². The first-order valence-corrected chi connectivity index (χ1v) is 8.19. The molecule has 0 aliphatic heterocycles. The molecular formula is C16H14Cl2N2S. The van der Waals surface area contributed by atoms with Crippen molar-refractivity contribution < 1.29 is 0 Å². The van der Waals surface area contributed by atoms with Gasteiger partial charge in [0.1, 0.15) is 0 Å². The van der Waals surface area contributed by atoms with Gasteiger partial charge in [0.25, 0.3) is 0 Å². The predicted octanol–water partition coefficient (Wildman–Crippen LogP) is 4.96. The summed E-state index contributed by atoms with van der Waals surface area (Å²) in [5, 5.41) is 4.54. The summed E-state index contributed by atoms with van der Waals surface area (Å²) < 4.78 is 1.27. The van der Waals surface area contributed by atoms with Gasteiger partial charge in [-0.15, -0.1) is 11.3 Å². The highest BCUT2D eigenvalue weighted by Gasteiger charge is 2.15. The Kier molecular flexibility index (Phi) is 4.48. The van der Waals surface area contributed by atoms with Crippen LogP contribution in [0.3, 0.4) is 0 Å². The molecule has 0 bridgehead atoms. The van der Waals surface area contributed by atoms with Crippen LogP contribution in [0.5, 0.6) is 0 Å². The monoisotopic (exact) mass is 336 g/mol. The molecule has 2 nitrogen and oxygen atoms in total. The van der Waals surface area contributed by atoms with Gasteiger partial charge in [-0.3, -0.25) is 11.3 Å². The van der Waals surface area contributed by atoms with E-state index < -0.39 is 0 Å². The third kappa shape index (κ3) is 3.07. The molecule has 1 unspecified atom stereocenters. The molecule has 0 aliphatic carbocycles. The zero-order valence-electron chi connectivity index (χ0n) is 11.1. The van der Waals surface area contributed by atoms with E-state index in [0.717, 1.165) is 12.0 Å². The van der Waals surface area contributed by atoms with Crippen molar-refractivity contribution in [3.8, 4) is 0 Å². The highest BCUT2D eigenvalue weighted by Crippen LogP contribution is 2.32. The summed E-state index contributed by atoms with van der Waals surface area (Å²) in [6.45, 7) is 0. The van der Waals surface area contributed by atoms with E-state index in [9.17, 15) is 0 Å². The van der Waals surface area contributed by atoms with Crippen molar-refractivity contribution in [3.05, 3.63) is 69.0 Å². The highest BCUT2D eigenvalue weighted by atomic mass is 35.5. The molecule has 1 heterocycles. The quantitative estimate of drug-likeness (QED) is 0.522. The van der Waals surface area contributed by atoms with E-state index in [0.29, 0.717) is 10.0 Å². The highest BCUT2D eigenvalue weighted by molar-refractivity contribution is 7.17. The van der Waals surface area contributed by atoms with Gasteiger partial charge in [-0.1, -0.05) is 47.5 Å². The van der Waals surface area contributed by atoms with Gasteiger partial charge in [0.15, 0.2) is 0 Å². The Hall–Kier alpha value is -1.10. The first kappa shape index (κ1) is 14.8. The zero-order chi connectivity index (χ0) is 14.8. The summed E-state index contributed by atoms with van der Waals surface area (Å²) in [4.78, 5) is 0. The molecule has 2 aromatic carbocycles. The van der Waals surface area contributed by atoms with Crippen molar-refractivity contribution >= 4 is 44.6 Å². The summed E-state index contributed by atoms with van der Waals surface area (Å²) in [5.74, 6) is 5.77. The Morgan fingerprint density at radius 3 is 2.67 bits per heavy atom. The standard InChI is InChI=1S/C16H14Cl2N2S/c17-13-6-5-10(7-14(13)18)8-15(20-19)12-9-21-16-4-2-1-3-11(12)16/h1-7,9,15,20H,8,19H2. The van der Waals surface area contributed by atoms with E-state index in [1.54, 1.807) is 11.3 Å². The average molecular weight is 337 g/mol. The first-order valence-electron chi connectivity index (χ1n) is 6.55. The molecule has 0 aliphatic rings. The summed E-state index contributed by atoms with van der Waals surface area (Å²) in [6, 6.07) is 14.1. The number of thiophene rings is 1. The van der Waals surface area contributed by atoms with Crippen molar-refractivity contribution in [1.29, 1.82) is 0 Å². The molecule has 0 saturated carbocycles. The van der Waals surface area contributed by atoms with E-state index >= 15 is 0 Å². The van der Waals surface area contributed by atoms with Gasteiger partial charge in [0, 0.05) is 4.70 Å². The van der Waals surface area contributed by atoms with Crippen molar-refractivity contribution in [2.45, 2.75) is 12.5 Å². The molecule has 0 spiro atoms. The van der Waals surface area contributed by atoms with Gasteiger partial charge >= 0.3 is 0 Å². The van der Waals surface area contributed by atoms with E-state index in [2.05, 4.69) is 22.9 Å². The number of hydrogen-bond acceptors (Lipinski definition) is 3. The van der Waals surface area contributed by atoms with Gasteiger partial charge in [0.05, 0.1) is 16.1 Å². The van der Waals surface area contributed by atoms with Crippen LogP contribution in [0.2, 0.25) is 10.0 Å². The third-order valence-electron chi connectivity index (χ3n) is 3.51. The number of hydrazine groups is 1. The molecule has 3 rings (SSSR count). The molecule has 3 N–H and O–H groups in total. The molecule has 3 aromatic rings. The van der Waals surface area contributed by atoms with E-state index in [1.807, 2.05) is 30.3 Å². The Balaban J connectivity index is 1.93. The number of hydrogen-bond donors (Lipinski definition) is 2. The number of nitrogens with two attached hydrogens (primary N) is 1. The topological polar surface area (TPSA) is 38.0 Å². The molecule has 0 radical (unpaired) electrons. The Labute approximate surface area is 137 Å². The summed E-state index contributed by atoms with van der Waals surface area (Å²) in [6.07, 6.45) is 0.758. The second kappa shape index (κ2) is 6.34. The van der Waals surface area contributed by atoms with Crippen molar-refractivity contribution in [2.75, 3.05) is 0 Å². The largest absolute Gasteiger partial charge is 0.271 e. The van der Waals surface area contributed by atoms with Crippen LogP contribution in [0.25, 0.3) is 10.1 Å². The fourth-order valence-corrected chi connectivity index (χ4v) is 3.77. The van der Waals surface area contributed by atoms with E-state index in [-0.39, 0.29) is 6.04 Å². The van der Waals surface area contributed by atoms with Gasteiger partial charge in [-0.2, -0.15) is 0 Å². The van der Waals surface area contributed by atoms with E-state index in [4.69, 9.17) is 29.0 Å². The van der Waals surface area contributed by atoms with Crippen molar-refractivity contribution in [2.24, 2.45) is 5.84 Å². The zero-order valence-corrected chi connectivity index (χ0v) is 13.5. The second-order valence-electron chi connectivity index (χ2n) is 4.86. The van der Waals surface area contributed by atoms with Crippen LogP contribution in [0.4, 0.5) is 0 Å². The molecule has 0 amide bonds. The Morgan fingerprint density at radius 1 is 1.10 bits per heavy atom. The van der Waals surface area contributed by atoms with Crippen LogP contribution in [0, 0.1) is 0 Å². The lowest BCUT2D eigenvalue weighted by Crippen LogP contribution is -2.29. The molecule has 0 fully saturated rings. The molecule has 1 aromatic heterocycles. The number of nitrogens with one attached hydrogen (secondary N) is 1. The lowest BCUT2D eigenvalue weighted by Gasteiger charge is -2.16. The fraction of sp³-hybridized carbons (Fsp3) is 0.125. The van der Waals surface area contributed by atoms with Crippen LogP contribution < -0.4 is 11.3 Å². The SMILES string of the molecule is NNC(Cc1ccc(Cl)c(Cl)c1)c1csc2ccccc12. The van der Waals surface area contributed by atoms with Gasteiger partial charge in [-0.05, 0) is 46.5 Å². The third-order valence-corrected chi connectivity index (χ3v) is 5.23. The second-order valence-corrected chi connectivity index (χ2v) is 6.58. The van der Waals surface area contributed by atoms with Crippen LogP contribution >= 0.6 is 34.5 Å². The van der Waals surface area contributed by atoms with Gasteiger partial charge in [0.2, 0.25) is 0 Å². The maximum absolute atomic E-state index is 6.08. The Morgan fingerprint density at radius 2 is 1.90 bits per heavy atom. The molecule has 108 valence electrons.